The molecule has 0 bridgehead atoms. The van der Waals surface area contributed by atoms with Crippen molar-refractivity contribution in [2.45, 2.75) is 26.3 Å². The van der Waals surface area contributed by atoms with Crippen LogP contribution in [-0.4, -0.2) is 19.2 Å². The number of ether oxygens (including phenoxy) is 1. The van der Waals surface area contributed by atoms with E-state index in [-0.39, 0.29) is 6.04 Å². The number of benzene rings is 1. The van der Waals surface area contributed by atoms with E-state index in [1.54, 1.807) is 0 Å². The van der Waals surface area contributed by atoms with Crippen LogP contribution in [0, 0.1) is 11.8 Å². The summed E-state index contributed by atoms with van der Waals surface area (Å²) in [5.74, 6) is 6.76. The van der Waals surface area contributed by atoms with Crippen molar-refractivity contribution < 1.29 is 4.74 Å². The minimum absolute atomic E-state index is 0.256. The van der Waals surface area contributed by atoms with Crippen molar-refractivity contribution in [2.24, 2.45) is 0 Å². The highest BCUT2D eigenvalue weighted by Gasteiger charge is 2.06. The molecule has 1 aromatic carbocycles. The molecule has 0 radical (unpaired) electrons. The predicted octanol–water partition coefficient (Wildman–Crippen LogP) is 3.11. The lowest BCUT2D eigenvalue weighted by Crippen LogP contribution is -2.34. The fourth-order valence-corrected chi connectivity index (χ4v) is 1.64. The van der Waals surface area contributed by atoms with Crippen molar-refractivity contribution in [2.75, 3.05) is 13.2 Å². The lowest BCUT2D eigenvalue weighted by Gasteiger charge is -2.16. The first-order valence-corrected chi connectivity index (χ1v) is 6.15. The molecular formula is C14H18ClNO. The molecule has 0 heterocycles. The van der Waals surface area contributed by atoms with Crippen molar-refractivity contribution in [3.63, 3.8) is 0 Å². The largest absolute Gasteiger partial charge is 0.492 e. The van der Waals surface area contributed by atoms with Crippen molar-refractivity contribution >= 4 is 11.6 Å². The van der Waals surface area contributed by atoms with Gasteiger partial charge in [0.1, 0.15) is 12.4 Å². The van der Waals surface area contributed by atoms with Crippen LogP contribution in [0.25, 0.3) is 0 Å². The van der Waals surface area contributed by atoms with E-state index in [9.17, 15) is 0 Å². The van der Waals surface area contributed by atoms with E-state index >= 15 is 0 Å². The molecule has 3 heteroatoms. The molecule has 0 spiro atoms. The molecule has 0 aromatic heterocycles. The third-order valence-corrected chi connectivity index (χ3v) is 2.50. The molecule has 0 amide bonds. The smallest absolute Gasteiger partial charge is 0.120 e. The third-order valence-electron chi connectivity index (χ3n) is 2.27. The van der Waals surface area contributed by atoms with Gasteiger partial charge in [-0.1, -0.05) is 24.6 Å². The molecule has 0 fully saturated rings. The zero-order valence-corrected chi connectivity index (χ0v) is 11.1. The van der Waals surface area contributed by atoms with Crippen LogP contribution in [0.4, 0.5) is 0 Å². The zero-order chi connectivity index (χ0) is 12.5. The number of likely N-dealkylation sites (N-methyl/N-ethyl adjacent to an activating group) is 1. The minimum atomic E-state index is 0.256. The Bertz CT molecular complexity index is 395. The minimum Gasteiger partial charge on any atom is -0.492 e. The van der Waals surface area contributed by atoms with E-state index in [0.717, 1.165) is 18.7 Å². The number of nitrogens with one attached hydrogen (secondary N) is 1. The molecule has 2 nitrogen and oxygen atoms in total. The average Bonchev–Trinajstić information content (AvgIpc) is 2.33. The highest BCUT2D eigenvalue weighted by atomic mass is 35.5. The number of halogens is 1. The monoisotopic (exact) mass is 251 g/mol. The van der Waals surface area contributed by atoms with Gasteiger partial charge in [0.2, 0.25) is 0 Å². The third kappa shape index (κ3) is 5.63. The van der Waals surface area contributed by atoms with E-state index in [1.165, 1.54) is 0 Å². The molecule has 0 aliphatic rings. The Morgan fingerprint density at radius 2 is 2.29 bits per heavy atom. The van der Waals surface area contributed by atoms with Crippen LogP contribution in [0.3, 0.4) is 0 Å². The number of hydrogen-bond donors (Lipinski definition) is 1. The van der Waals surface area contributed by atoms with Crippen molar-refractivity contribution in [1.82, 2.24) is 5.32 Å². The van der Waals surface area contributed by atoms with Gasteiger partial charge >= 0.3 is 0 Å². The normalized spacial score (nSPS) is 11.5. The zero-order valence-electron chi connectivity index (χ0n) is 10.3. The number of hydrogen-bond acceptors (Lipinski definition) is 2. The first-order chi connectivity index (χ1) is 8.26. The summed E-state index contributed by atoms with van der Waals surface area (Å²) in [6.07, 6.45) is 0.797. The molecule has 0 saturated heterocycles. The summed E-state index contributed by atoms with van der Waals surface area (Å²) < 4.78 is 5.68. The predicted molar refractivity (Wildman–Crippen MR) is 72.5 cm³/mol. The van der Waals surface area contributed by atoms with E-state index < -0.39 is 0 Å². The Hall–Kier alpha value is -1.17. The van der Waals surface area contributed by atoms with Gasteiger partial charge in [-0.2, -0.15) is 0 Å². The van der Waals surface area contributed by atoms with Crippen LogP contribution in [0.15, 0.2) is 24.3 Å². The molecule has 0 saturated carbocycles. The van der Waals surface area contributed by atoms with E-state index in [1.807, 2.05) is 31.2 Å². The highest BCUT2D eigenvalue weighted by molar-refractivity contribution is 6.30. The summed E-state index contributed by atoms with van der Waals surface area (Å²) in [7, 11) is 0. The summed E-state index contributed by atoms with van der Waals surface area (Å²) in [6, 6.07) is 7.69. The summed E-state index contributed by atoms with van der Waals surface area (Å²) in [5.41, 5.74) is 0. The van der Waals surface area contributed by atoms with Gasteiger partial charge in [-0.15, -0.1) is 11.8 Å². The highest BCUT2D eigenvalue weighted by Crippen LogP contribution is 2.17. The second-order valence-corrected chi connectivity index (χ2v) is 4.09. The van der Waals surface area contributed by atoms with Gasteiger partial charge in [0.15, 0.2) is 0 Å². The molecule has 1 aromatic rings. The second kappa shape index (κ2) is 8.00. The molecular weight excluding hydrogens is 234 g/mol. The van der Waals surface area contributed by atoms with Gasteiger partial charge in [-0.3, -0.25) is 0 Å². The van der Waals surface area contributed by atoms with Crippen LogP contribution in [0.5, 0.6) is 5.75 Å². The van der Waals surface area contributed by atoms with Gasteiger partial charge in [0, 0.05) is 11.4 Å². The quantitative estimate of drug-likeness (QED) is 0.785. The Morgan fingerprint density at radius 1 is 1.47 bits per heavy atom. The van der Waals surface area contributed by atoms with Crippen LogP contribution < -0.4 is 10.1 Å². The Morgan fingerprint density at radius 3 is 2.94 bits per heavy atom. The molecule has 1 atom stereocenters. The van der Waals surface area contributed by atoms with Gasteiger partial charge in [0.05, 0.1) is 6.04 Å². The molecule has 17 heavy (non-hydrogen) atoms. The fraction of sp³-hybridized carbons (Fsp3) is 0.429. The summed E-state index contributed by atoms with van der Waals surface area (Å²) >= 11 is 5.89. The standard InChI is InChI=1S/C14H18ClNO/c1-3-5-8-13(16-4-2)11-17-14-9-6-7-12(15)10-14/h6-7,9-10,13,16H,4,8,11H2,1-2H3. The van der Waals surface area contributed by atoms with Crippen molar-refractivity contribution in [3.8, 4) is 17.6 Å². The Labute approximate surface area is 108 Å². The lowest BCUT2D eigenvalue weighted by molar-refractivity contribution is 0.268. The topological polar surface area (TPSA) is 21.3 Å². The fourth-order valence-electron chi connectivity index (χ4n) is 1.46. The van der Waals surface area contributed by atoms with E-state index in [0.29, 0.717) is 11.6 Å². The lowest BCUT2D eigenvalue weighted by atomic mass is 10.2. The molecule has 0 aliphatic carbocycles. The molecule has 0 aliphatic heterocycles. The van der Waals surface area contributed by atoms with E-state index in [4.69, 9.17) is 16.3 Å². The molecule has 92 valence electrons. The van der Waals surface area contributed by atoms with E-state index in [2.05, 4.69) is 24.1 Å². The van der Waals surface area contributed by atoms with Gasteiger partial charge in [-0.25, -0.2) is 0 Å². The van der Waals surface area contributed by atoms with Crippen LogP contribution >= 0.6 is 11.6 Å². The molecule has 1 unspecified atom stereocenters. The maximum absolute atomic E-state index is 5.89. The molecule has 1 N–H and O–H groups in total. The summed E-state index contributed by atoms with van der Waals surface area (Å²) in [5, 5.41) is 4.03. The summed E-state index contributed by atoms with van der Waals surface area (Å²) in [4.78, 5) is 0. The molecule has 1 rings (SSSR count). The number of rotatable bonds is 6. The Balaban J connectivity index is 2.47. The SMILES string of the molecule is CC#CCC(COc1cccc(Cl)c1)NCC. The van der Waals surface area contributed by atoms with Crippen molar-refractivity contribution in [3.05, 3.63) is 29.3 Å². The first kappa shape index (κ1) is 13.9. The maximum Gasteiger partial charge on any atom is 0.120 e. The van der Waals surface area contributed by atoms with Crippen LogP contribution in [0.1, 0.15) is 20.3 Å². The second-order valence-electron chi connectivity index (χ2n) is 3.65. The van der Waals surface area contributed by atoms with Gasteiger partial charge in [-0.05, 0) is 31.7 Å². The maximum atomic E-state index is 5.89. The summed E-state index contributed by atoms with van der Waals surface area (Å²) in [6.45, 7) is 5.43. The van der Waals surface area contributed by atoms with Crippen molar-refractivity contribution in [1.29, 1.82) is 0 Å². The first-order valence-electron chi connectivity index (χ1n) is 5.77. The van der Waals surface area contributed by atoms with Crippen LogP contribution in [-0.2, 0) is 0 Å². The van der Waals surface area contributed by atoms with Gasteiger partial charge in [0.25, 0.3) is 0 Å². The average molecular weight is 252 g/mol. The Kier molecular flexibility index (Phi) is 6.54. The van der Waals surface area contributed by atoms with Gasteiger partial charge < -0.3 is 10.1 Å². The van der Waals surface area contributed by atoms with Crippen LogP contribution in [0.2, 0.25) is 5.02 Å².